The topological polar surface area (TPSA) is 29.1 Å². The summed E-state index contributed by atoms with van der Waals surface area (Å²) in [5.74, 6) is 0.00218. The lowest BCUT2D eigenvalue weighted by atomic mass is 10.0. The van der Waals surface area contributed by atoms with Gasteiger partial charge in [-0.3, -0.25) is 4.79 Å². The first-order valence-corrected chi connectivity index (χ1v) is 8.65. The van der Waals surface area contributed by atoms with Crippen molar-refractivity contribution in [2.45, 2.75) is 12.5 Å². The number of halogens is 1. The summed E-state index contributed by atoms with van der Waals surface area (Å²) in [7, 11) is 0. The van der Waals surface area contributed by atoms with Crippen molar-refractivity contribution in [3.63, 3.8) is 0 Å². The monoisotopic (exact) mass is 341 g/mol. The van der Waals surface area contributed by atoms with Crippen LogP contribution in [0.25, 0.3) is 0 Å². The van der Waals surface area contributed by atoms with E-state index < -0.39 is 0 Å². The van der Waals surface area contributed by atoms with Gasteiger partial charge in [0, 0.05) is 5.02 Å². The lowest BCUT2D eigenvalue weighted by molar-refractivity contribution is -0.120. The summed E-state index contributed by atoms with van der Waals surface area (Å²) in [5, 5.41) is 7.89. The molecule has 0 aliphatic heterocycles. The molecule has 0 spiro atoms. The number of nitrogens with one attached hydrogen (secondary N) is 1. The van der Waals surface area contributed by atoms with Crippen LogP contribution in [0.2, 0.25) is 5.02 Å². The highest BCUT2D eigenvalue weighted by Crippen LogP contribution is 2.25. The van der Waals surface area contributed by atoms with Crippen molar-refractivity contribution in [3.8, 4) is 0 Å². The average molecular weight is 342 g/mol. The molecule has 0 bridgehead atoms. The van der Waals surface area contributed by atoms with Crippen molar-refractivity contribution in [3.05, 3.63) is 93.1 Å². The zero-order chi connectivity index (χ0) is 16.1. The lowest BCUT2D eigenvalue weighted by Gasteiger charge is -2.19. The summed E-state index contributed by atoms with van der Waals surface area (Å²) < 4.78 is 0. The molecule has 2 aromatic carbocycles. The second kappa shape index (κ2) is 7.44. The quantitative estimate of drug-likeness (QED) is 0.706. The third kappa shape index (κ3) is 4.21. The summed E-state index contributed by atoms with van der Waals surface area (Å²) in [4.78, 5) is 12.4. The van der Waals surface area contributed by atoms with Gasteiger partial charge in [-0.1, -0.05) is 54.1 Å². The van der Waals surface area contributed by atoms with E-state index in [1.165, 1.54) is 0 Å². The number of thiophene rings is 1. The van der Waals surface area contributed by atoms with Gasteiger partial charge in [0.05, 0.1) is 12.5 Å². The van der Waals surface area contributed by atoms with E-state index in [4.69, 9.17) is 11.6 Å². The predicted molar refractivity (Wildman–Crippen MR) is 95.9 cm³/mol. The molecule has 0 aliphatic carbocycles. The molecule has 2 nitrogen and oxygen atoms in total. The Hall–Kier alpha value is -2.10. The molecule has 3 aromatic rings. The molecule has 1 aromatic heterocycles. The molecule has 0 radical (unpaired) electrons. The Balaban J connectivity index is 1.79. The normalized spacial score (nSPS) is 11.9. The molecular formula is C19H16ClNOS. The second-order valence-corrected chi connectivity index (χ2v) is 6.49. The van der Waals surface area contributed by atoms with E-state index in [1.807, 2.05) is 66.0 Å². The number of hydrogen-bond donors (Lipinski definition) is 1. The molecule has 0 saturated carbocycles. The minimum Gasteiger partial charge on any atom is -0.345 e. The fraction of sp³-hybridized carbons (Fsp3) is 0.105. The highest BCUT2D eigenvalue weighted by molar-refractivity contribution is 7.08. The smallest absolute Gasteiger partial charge is 0.225 e. The summed E-state index contributed by atoms with van der Waals surface area (Å²) >= 11 is 7.59. The van der Waals surface area contributed by atoms with Crippen molar-refractivity contribution in [2.24, 2.45) is 0 Å². The predicted octanol–water partition coefficient (Wildman–Crippen LogP) is 4.85. The molecule has 1 heterocycles. The third-order valence-corrected chi connectivity index (χ3v) is 4.55. The maximum atomic E-state index is 12.4. The minimum atomic E-state index is -0.158. The first-order chi connectivity index (χ1) is 11.2. The summed E-state index contributed by atoms with van der Waals surface area (Å²) in [6.07, 6.45) is 0.370. The average Bonchev–Trinajstić information content (AvgIpc) is 3.09. The molecule has 23 heavy (non-hydrogen) atoms. The largest absolute Gasteiger partial charge is 0.345 e. The first-order valence-electron chi connectivity index (χ1n) is 7.33. The van der Waals surface area contributed by atoms with Gasteiger partial charge in [-0.2, -0.15) is 11.3 Å². The highest BCUT2D eigenvalue weighted by Gasteiger charge is 2.17. The van der Waals surface area contributed by atoms with Crippen LogP contribution in [0.1, 0.15) is 22.7 Å². The maximum Gasteiger partial charge on any atom is 0.225 e. The van der Waals surface area contributed by atoms with Crippen molar-refractivity contribution in [2.75, 3.05) is 0 Å². The van der Waals surface area contributed by atoms with E-state index in [0.29, 0.717) is 11.4 Å². The fourth-order valence-electron chi connectivity index (χ4n) is 2.45. The molecule has 4 heteroatoms. The fourth-order valence-corrected chi connectivity index (χ4v) is 3.26. The van der Waals surface area contributed by atoms with Crippen LogP contribution in [0.15, 0.2) is 71.4 Å². The van der Waals surface area contributed by atoms with Gasteiger partial charge < -0.3 is 5.32 Å². The van der Waals surface area contributed by atoms with E-state index in [2.05, 4.69) is 10.7 Å². The van der Waals surface area contributed by atoms with Gasteiger partial charge in [-0.05, 0) is 45.6 Å². The van der Waals surface area contributed by atoms with Crippen LogP contribution < -0.4 is 5.32 Å². The van der Waals surface area contributed by atoms with Gasteiger partial charge >= 0.3 is 0 Å². The molecule has 3 rings (SSSR count). The Morgan fingerprint density at radius 1 is 1.00 bits per heavy atom. The highest BCUT2D eigenvalue weighted by atomic mass is 35.5. The summed E-state index contributed by atoms with van der Waals surface area (Å²) in [6, 6.07) is 19.2. The zero-order valence-electron chi connectivity index (χ0n) is 12.4. The maximum absolute atomic E-state index is 12.4. The molecule has 0 fully saturated rings. The SMILES string of the molecule is O=C(Cc1ccccc1)NC(c1ccc(Cl)cc1)c1ccsc1. The van der Waals surface area contributed by atoms with Gasteiger partial charge in [0.1, 0.15) is 0 Å². The second-order valence-electron chi connectivity index (χ2n) is 5.27. The Morgan fingerprint density at radius 3 is 2.39 bits per heavy atom. The number of carbonyl (C=O) groups is 1. The van der Waals surface area contributed by atoms with Gasteiger partial charge in [0.25, 0.3) is 0 Å². The van der Waals surface area contributed by atoms with Crippen molar-refractivity contribution in [1.82, 2.24) is 5.32 Å². The molecule has 1 unspecified atom stereocenters. The molecule has 1 N–H and O–H groups in total. The molecule has 1 atom stereocenters. The van der Waals surface area contributed by atoms with E-state index in [1.54, 1.807) is 11.3 Å². The summed E-state index contributed by atoms with van der Waals surface area (Å²) in [6.45, 7) is 0. The number of benzene rings is 2. The van der Waals surface area contributed by atoms with Gasteiger partial charge in [-0.25, -0.2) is 0 Å². The van der Waals surface area contributed by atoms with Crippen molar-refractivity contribution >= 4 is 28.8 Å². The van der Waals surface area contributed by atoms with E-state index in [9.17, 15) is 4.79 Å². The van der Waals surface area contributed by atoms with Crippen LogP contribution >= 0.6 is 22.9 Å². The van der Waals surface area contributed by atoms with Gasteiger partial charge in [0.15, 0.2) is 0 Å². The number of rotatable bonds is 5. The van der Waals surface area contributed by atoms with Gasteiger partial charge in [0.2, 0.25) is 5.91 Å². The number of amides is 1. The molecule has 0 saturated heterocycles. The van der Waals surface area contributed by atoms with E-state index in [-0.39, 0.29) is 11.9 Å². The van der Waals surface area contributed by atoms with Crippen molar-refractivity contribution < 1.29 is 4.79 Å². The van der Waals surface area contributed by atoms with E-state index >= 15 is 0 Å². The van der Waals surface area contributed by atoms with Crippen LogP contribution in [0, 0.1) is 0 Å². The standard InChI is InChI=1S/C19H16ClNOS/c20-17-8-6-15(7-9-17)19(16-10-11-23-13-16)21-18(22)12-14-4-2-1-3-5-14/h1-11,13,19H,12H2,(H,21,22). The molecule has 1 amide bonds. The number of carbonyl (C=O) groups excluding carboxylic acids is 1. The van der Waals surface area contributed by atoms with Crippen molar-refractivity contribution in [1.29, 1.82) is 0 Å². The van der Waals surface area contributed by atoms with Crippen LogP contribution in [0.3, 0.4) is 0 Å². The first kappa shape index (κ1) is 15.8. The van der Waals surface area contributed by atoms with Gasteiger partial charge in [-0.15, -0.1) is 0 Å². The zero-order valence-corrected chi connectivity index (χ0v) is 14.0. The van der Waals surface area contributed by atoms with Crippen LogP contribution in [-0.4, -0.2) is 5.91 Å². The minimum absolute atomic E-state index is 0.00218. The lowest BCUT2D eigenvalue weighted by Crippen LogP contribution is -2.30. The number of hydrogen-bond acceptors (Lipinski definition) is 2. The molecular weight excluding hydrogens is 326 g/mol. The molecule has 0 aliphatic rings. The Morgan fingerprint density at radius 2 is 1.74 bits per heavy atom. The van der Waals surface area contributed by atoms with Crippen LogP contribution in [-0.2, 0) is 11.2 Å². The Bertz CT molecular complexity index is 754. The summed E-state index contributed by atoms with van der Waals surface area (Å²) in [5.41, 5.74) is 3.11. The van der Waals surface area contributed by atoms with Crippen LogP contribution in [0.5, 0.6) is 0 Å². The van der Waals surface area contributed by atoms with Crippen LogP contribution in [0.4, 0.5) is 0 Å². The Kier molecular flexibility index (Phi) is 5.11. The van der Waals surface area contributed by atoms with E-state index in [0.717, 1.165) is 16.7 Å². The third-order valence-electron chi connectivity index (χ3n) is 3.59. The molecule has 116 valence electrons. The Labute approximate surface area is 144 Å².